The van der Waals surface area contributed by atoms with Crippen molar-refractivity contribution in [1.29, 1.82) is 0 Å². The van der Waals surface area contributed by atoms with Crippen molar-refractivity contribution in [3.63, 3.8) is 0 Å². The minimum absolute atomic E-state index is 0.0870. The summed E-state index contributed by atoms with van der Waals surface area (Å²) in [5.74, 6) is -1.41. The van der Waals surface area contributed by atoms with Gasteiger partial charge < -0.3 is 10.4 Å². The van der Waals surface area contributed by atoms with Gasteiger partial charge in [0.2, 0.25) is 5.91 Å². The Balaban J connectivity index is 1.56. The number of imide groups is 1. The van der Waals surface area contributed by atoms with Gasteiger partial charge in [0.1, 0.15) is 5.82 Å². The average Bonchev–Trinajstić information content (AvgIpc) is 3.01. The van der Waals surface area contributed by atoms with Crippen LogP contribution in [-0.4, -0.2) is 46.3 Å². The number of hydrogen-bond donors (Lipinski definition) is 2. The fourth-order valence-corrected chi connectivity index (χ4v) is 3.86. The van der Waals surface area contributed by atoms with Crippen LogP contribution in [0, 0.1) is 5.82 Å². The molecule has 3 rings (SSSR count). The Morgan fingerprint density at radius 2 is 1.83 bits per heavy atom. The molecule has 3 amide bonds. The topological polar surface area (TPSA) is 86.7 Å². The zero-order chi connectivity index (χ0) is 21.5. The maximum absolute atomic E-state index is 13.8. The Hall–Kier alpha value is -2.97. The first-order valence-corrected chi connectivity index (χ1v) is 10.2. The van der Waals surface area contributed by atoms with Crippen molar-refractivity contribution in [1.82, 2.24) is 10.2 Å². The minimum Gasteiger partial charge on any atom is -0.394 e. The standard InChI is InChI=1S/C22H21FN2O4S/c23-18-9-5-4-8-16(18)13-19-21(28)25(22(29)30-19)11-10-20(27)24-17(14-26)12-15-6-2-1-3-7-15/h1-9,13,17,26H,10-12,14H2,(H,24,27)/b19-13-/t17-/m0/s1. The molecule has 6 nitrogen and oxygen atoms in total. The summed E-state index contributed by atoms with van der Waals surface area (Å²) in [6.45, 7) is -0.317. The maximum atomic E-state index is 13.8. The first-order chi connectivity index (χ1) is 14.5. The molecule has 1 fully saturated rings. The van der Waals surface area contributed by atoms with Gasteiger partial charge in [-0.3, -0.25) is 19.3 Å². The summed E-state index contributed by atoms with van der Waals surface area (Å²) in [6, 6.07) is 14.9. The molecular weight excluding hydrogens is 407 g/mol. The molecule has 0 radical (unpaired) electrons. The molecule has 156 valence electrons. The molecule has 0 bridgehead atoms. The van der Waals surface area contributed by atoms with E-state index in [1.54, 1.807) is 6.07 Å². The molecule has 0 unspecified atom stereocenters. The van der Waals surface area contributed by atoms with Gasteiger partial charge in [-0.25, -0.2) is 4.39 Å². The van der Waals surface area contributed by atoms with Crippen LogP contribution in [0.2, 0.25) is 0 Å². The predicted molar refractivity (Wildman–Crippen MR) is 113 cm³/mol. The van der Waals surface area contributed by atoms with E-state index < -0.39 is 23.0 Å². The van der Waals surface area contributed by atoms with E-state index in [2.05, 4.69) is 5.32 Å². The van der Waals surface area contributed by atoms with Crippen molar-refractivity contribution in [3.05, 3.63) is 76.4 Å². The lowest BCUT2D eigenvalue weighted by Crippen LogP contribution is -2.41. The Bertz CT molecular complexity index is 965. The number of nitrogens with zero attached hydrogens (tertiary/aromatic N) is 1. The summed E-state index contributed by atoms with van der Waals surface area (Å²) in [7, 11) is 0. The minimum atomic E-state index is -0.552. The van der Waals surface area contributed by atoms with Crippen molar-refractivity contribution in [2.75, 3.05) is 13.2 Å². The Labute approximate surface area is 177 Å². The van der Waals surface area contributed by atoms with E-state index in [4.69, 9.17) is 0 Å². The van der Waals surface area contributed by atoms with Crippen LogP contribution in [0.5, 0.6) is 0 Å². The van der Waals surface area contributed by atoms with E-state index in [0.717, 1.165) is 22.2 Å². The number of aliphatic hydroxyl groups excluding tert-OH is 1. The van der Waals surface area contributed by atoms with Crippen LogP contribution in [-0.2, 0) is 16.0 Å². The highest BCUT2D eigenvalue weighted by Gasteiger charge is 2.35. The molecule has 0 saturated carbocycles. The van der Waals surface area contributed by atoms with Gasteiger partial charge in [0.25, 0.3) is 11.1 Å². The van der Waals surface area contributed by atoms with E-state index in [0.29, 0.717) is 6.42 Å². The highest BCUT2D eigenvalue weighted by Crippen LogP contribution is 2.32. The second kappa shape index (κ2) is 10.2. The van der Waals surface area contributed by atoms with Crippen LogP contribution >= 0.6 is 11.8 Å². The van der Waals surface area contributed by atoms with Crippen molar-refractivity contribution < 1.29 is 23.9 Å². The third-order valence-electron chi connectivity index (χ3n) is 4.54. The van der Waals surface area contributed by atoms with Gasteiger partial charge in [-0.2, -0.15) is 0 Å². The zero-order valence-corrected chi connectivity index (χ0v) is 16.9. The molecular formula is C22H21FN2O4S. The third kappa shape index (κ3) is 5.55. The van der Waals surface area contributed by atoms with Crippen molar-refractivity contribution in [3.8, 4) is 0 Å². The molecule has 1 atom stereocenters. The smallest absolute Gasteiger partial charge is 0.293 e. The SMILES string of the molecule is O=C(CCN1C(=O)S/C(=C\c2ccccc2F)C1=O)N[C@H](CO)Cc1ccccc1. The molecule has 0 aromatic heterocycles. The molecule has 1 aliphatic heterocycles. The number of hydrogen-bond acceptors (Lipinski definition) is 5. The Kier molecular flexibility index (Phi) is 7.37. The number of benzene rings is 2. The van der Waals surface area contributed by atoms with Crippen LogP contribution in [0.25, 0.3) is 6.08 Å². The first kappa shape index (κ1) is 21.7. The molecule has 2 aromatic rings. The molecule has 1 aliphatic rings. The third-order valence-corrected chi connectivity index (χ3v) is 5.45. The molecule has 1 heterocycles. The number of aliphatic hydroxyl groups is 1. The number of nitrogens with one attached hydrogen (secondary N) is 1. The first-order valence-electron chi connectivity index (χ1n) is 9.42. The molecule has 2 aromatic carbocycles. The van der Waals surface area contributed by atoms with Crippen LogP contribution in [0.15, 0.2) is 59.5 Å². The quantitative estimate of drug-likeness (QED) is 0.632. The summed E-state index contributed by atoms with van der Waals surface area (Å²) in [6.07, 6.45) is 1.72. The normalized spacial score (nSPS) is 16.2. The van der Waals surface area contributed by atoms with Crippen molar-refractivity contribution in [2.45, 2.75) is 18.9 Å². The fraction of sp³-hybridized carbons (Fsp3) is 0.227. The van der Waals surface area contributed by atoms with Crippen LogP contribution in [0.3, 0.4) is 0 Å². The monoisotopic (exact) mass is 428 g/mol. The van der Waals surface area contributed by atoms with Crippen molar-refractivity contribution in [2.24, 2.45) is 0 Å². The number of carbonyl (C=O) groups is 3. The highest BCUT2D eigenvalue weighted by molar-refractivity contribution is 8.18. The van der Waals surface area contributed by atoms with Gasteiger partial charge in [0, 0.05) is 18.5 Å². The average molecular weight is 428 g/mol. The highest BCUT2D eigenvalue weighted by atomic mass is 32.2. The van der Waals surface area contributed by atoms with E-state index in [-0.39, 0.29) is 35.9 Å². The van der Waals surface area contributed by atoms with Gasteiger partial charge >= 0.3 is 0 Å². The van der Waals surface area contributed by atoms with Gasteiger partial charge in [-0.15, -0.1) is 0 Å². The summed E-state index contributed by atoms with van der Waals surface area (Å²) in [5, 5.41) is 11.7. The summed E-state index contributed by atoms with van der Waals surface area (Å²) in [4.78, 5) is 38.0. The van der Waals surface area contributed by atoms with Crippen LogP contribution in [0.1, 0.15) is 17.5 Å². The molecule has 0 spiro atoms. The fourth-order valence-electron chi connectivity index (χ4n) is 3.00. The molecule has 30 heavy (non-hydrogen) atoms. The number of rotatable bonds is 8. The molecule has 8 heteroatoms. The molecule has 2 N–H and O–H groups in total. The summed E-state index contributed by atoms with van der Waals surface area (Å²) < 4.78 is 13.8. The Morgan fingerprint density at radius 1 is 1.13 bits per heavy atom. The van der Waals surface area contributed by atoms with Gasteiger partial charge in [-0.1, -0.05) is 48.5 Å². The largest absolute Gasteiger partial charge is 0.394 e. The Morgan fingerprint density at radius 3 is 2.53 bits per heavy atom. The van der Waals surface area contributed by atoms with E-state index >= 15 is 0 Å². The van der Waals surface area contributed by atoms with E-state index in [9.17, 15) is 23.9 Å². The number of amides is 3. The van der Waals surface area contributed by atoms with Crippen LogP contribution < -0.4 is 5.32 Å². The maximum Gasteiger partial charge on any atom is 0.293 e. The van der Waals surface area contributed by atoms with Gasteiger partial charge in [-0.05, 0) is 35.9 Å². The second-order valence-corrected chi connectivity index (χ2v) is 7.73. The lowest BCUT2D eigenvalue weighted by Gasteiger charge is -2.18. The summed E-state index contributed by atoms with van der Waals surface area (Å²) >= 11 is 0.717. The number of halogens is 1. The van der Waals surface area contributed by atoms with Gasteiger partial charge in [0.15, 0.2) is 0 Å². The van der Waals surface area contributed by atoms with E-state index in [1.165, 1.54) is 24.3 Å². The predicted octanol–water partition coefficient (Wildman–Crippen LogP) is 2.97. The molecule has 0 aliphatic carbocycles. The van der Waals surface area contributed by atoms with Crippen LogP contribution in [0.4, 0.5) is 9.18 Å². The summed E-state index contributed by atoms with van der Waals surface area (Å²) in [5.41, 5.74) is 1.19. The molecule has 1 saturated heterocycles. The number of carbonyl (C=O) groups excluding carboxylic acids is 3. The zero-order valence-electron chi connectivity index (χ0n) is 16.1. The lowest BCUT2D eigenvalue weighted by molar-refractivity contribution is -0.124. The van der Waals surface area contributed by atoms with E-state index in [1.807, 2.05) is 30.3 Å². The van der Waals surface area contributed by atoms with Gasteiger partial charge in [0.05, 0.1) is 17.6 Å². The second-order valence-electron chi connectivity index (χ2n) is 6.74. The lowest BCUT2D eigenvalue weighted by atomic mass is 10.1. The number of thioether (sulfide) groups is 1. The van der Waals surface area contributed by atoms with Crippen molar-refractivity contribution >= 4 is 34.9 Å².